The summed E-state index contributed by atoms with van der Waals surface area (Å²) in [6.45, 7) is 0.547. The number of aromatic nitrogens is 1. The zero-order chi connectivity index (χ0) is 49.9. The van der Waals surface area contributed by atoms with Crippen molar-refractivity contribution < 1.29 is 107 Å². The molecule has 0 unspecified atom stereocenters. The van der Waals surface area contributed by atoms with E-state index in [1.165, 1.54) is 11.3 Å². The minimum Gasteiger partial charge on any atom is -0.481 e. The third-order valence-electron chi connectivity index (χ3n) is 10.0. The summed E-state index contributed by atoms with van der Waals surface area (Å²) in [6.07, 6.45) is -7.70. The standard InChI is InChI=1S/C24BF20.C17H13NO3S/c26-5-1(6(27)14(35)21(42)13(5)34)25(2-7(28)15(36)22(43)16(37)8(2)29,3-9(30)17(38)23(44)18(39)10(3)31)4-11(32)19(40)24(45)20(41)12(4)33;19-14(10-16(20)21)17-18(11-12-6-2-1-3-7-12)13-8-4-5-9-15(13)22-17/h;1-9H,10-11H2/q-1;/p+1. The first-order valence-corrected chi connectivity index (χ1v) is 18.6. The molecule has 0 atom stereocenters. The van der Waals surface area contributed by atoms with Crippen LogP contribution in [0.15, 0.2) is 54.6 Å². The second-order valence-corrected chi connectivity index (χ2v) is 14.8. The number of Topliss-reactive ketones (excluding diaryl/α,β-unsaturated/α-hetero) is 1. The van der Waals surface area contributed by atoms with Gasteiger partial charge in [-0.05, 0) is 6.07 Å². The van der Waals surface area contributed by atoms with E-state index in [-0.39, 0.29) is 5.78 Å². The minimum atomic E-state index is -7.22. The zero-order valence-corrected chi connectivity index (χ0v) is 32.7. The Morgan fingerprint density at radius 3 is 1.01 bits per heavy atom. The molecule has 0 aliphatic carbocycles. The van der Waals surface area contributed by atoms with E-state index in [4.69, 9.17) is 5.11 Å². The van der Waals surface area contributed by atoms with Crippen LogP contribution in [0.4, 0.5) is 87.8 Å². The molecule has 7 rings (SSSR count). The van der Waals surface area contributed by atoms with E-state index >= 15 is 35.1 Å². The van der Waals surface area contributed by atoms with E-state index in [0.717, 1.165) is 15.8 Å². The molecule has 67 heavy (non-hydrogen) atoms. The Morgan fingerprint density at radius 2 is 0.701 bits per heavy atom. The fourth-order valence-electron chi connectivity index (χ4n) is 7.25. The molecule has 1 N–H and O–H groups in total. The van der Waals surface area contributed by atoms with Crippen molar-refractivity contribution in [3.05, 3.63) is 182 Å². The largest absolute Gasteiger partial charge is 0.481 e. The van der Waals surface area contributed by atoms with Gasteiger partial charge in [-0.3, -0.25) is 9.59 Å². The first-order chi connectivity index (χ1) is 31.3. The molecule has 0 aliphatic rings. The lowest BCUT2D eigenvalue weighted by Gasteiger charge is -2.44. The Bertz CT molecular complexity index is 2820. The molecule has 0 fully saturated rings. The zero-order valence-electron chi connectivity index (χ0n) is 31.9. The van der Waals surface area contributed by atoms with E-state index in [2.05, 4.69) is 0 Å². The Kier molecular flexibility index (Phi) is 13.5. The SMILES string of the molecule is Fc1c(F)c(F)c([B-](c2c(F)c(F)c(F)c(F)c2F)(c2c(F)c(F)c(F)c(F)c2F)c2c(F)c(F)c(F)c(F)c2F)c(F)c1F.O=C(O)CC(=O)c1sc2ccccc2[n+]1Cc1ccccc1. The quantitative estimate of drug-likeness (QED) is 0.0300. The van der Waals surface area contributed by atoms with Crippen LogP contribution in [0.3, 0.4) is 0 Å². The van der Waals surface area contributed by atoms with Gasteiger partial charge in [-0.15, -0.1) is 21.9 Å². The van der Waals surface area contributed by atoms with Gasteiger partial charge >= 0.3 is 11.0 Å². The molecule has 0 aliphatic heterocycles. The average molecular weight is 991 g/mol. The van der Waals surface area contributed by atoms with Crippen molar-refractivity contribution >= 4 is 61.3 Å². The van der Waals surface area contributed by atoms with Gasteiger partial charge in [-0.1, -0.05) is 53.8 Å². The molecule has 6 aromatic carbocycles. The number of rotatable bonds is 9. The van der Waals surface area contributed by atoms with Gasteiger partial charge in [-0.2, -0.15) is 4.57 Å². The molecule has 350 valence electrons. The number of nitrogens with zero attached hydrogens (tertiary/aromatic N) is 1. The number of hydrogen-bond acceptors (Lipinski definition) is 3. The Hall–Kier alpha value is -6.99. The van der Waals surface area contributed by atoms with E-state index in [9.17, 15) is 62.3 Å². The maximum Gasteiger partial charge on any atom is 0.311 e. The van der Waals surface area contributed by atoms with Crippen molar-refractivity contribution in [2.75, 3.05) is 0 Å². The molecule has 26 heteroatoms. The lowest BCUT2D eigenvalue weighted by atomic mass is 9.12. The topological polar surface area (TPSA) is 58.2 Å². The summed E-state index contributed by atoms with van der Waals surface area (Å²) in [5, 5.41) is 9.35. The molecular weight excluding hydrogens is 977 g/mol. The number of carboxylic acid groups (broad SMARTS) is 1. The van der Waals surface area contributed by atoms with Crippen molar-refractivity contribution in [2.24, 2.45) is 0 Å². The van der Waals surface area contributed by atoms with Crippen molar-refractivity contribution in [3.8, 4) is 0 Å². The molecule has 1 heterocycles. The van der Waals surface area contributed by atoms with Crippen LogP contribution in [-0.4, -0.2) is 23.0 Å². The number of benzene rings is 6. The van der Waals surface area contributed by atoms with Gasteiger partial charge in [0.25, 0.3) is 0 Å². The van der Waals surface area contributed by atoms with Crippen LogP contribution in [-0.2, 0) is 11.3 Å². The monoisotopic (exact) mass is 991 g/mol. The number of fused-ring (bicyclic) bond motifs is 1. The molecule has 7 aromatic rings. The fourth-order valence-corrected chi connectivity index (χ4v) is 8.35. The highest BCUT2D eigenvalue weighted by Crippen LogP contribution is 2.31. The number of para-hydroxylation sites is 1. The lowest BCUT2D eigenvalue weighted by molar-refractivity contribution is -0.659. The highest BCUT2D eigenvalue weighted by molar-refractivity contribution is 7.20. The predicted molar refractivity (Wildman–Crippen MR) is 193 cm³/mol. The fraction of sp³-hybridized carbons (Fsp3) is 0.0488. The van der Waals surface area contributed by atoms with E-state index in [1.807, 2.05) is 59.2 Å². The molecule has 0 radical (unpaired) electrons. The first-order valence-electron chi connectivity index (χ1n) is 17.8. The number of thiazole rings is 1. The van der Waals surface area contributed by atoms with Gasteiger partial charge in [0.05, 0.1) is 0 Å². The summed E-state index contributed by atoms with van der Waals surface area (Å²) in [5.74, 6) is -72.9. The number of aliphatic carboxylic acids is 1. The lowest BCUT2D eigenvalue weighted by Crippen LogP contribution is -2.81. The summed E-state index contributed by atoms with van der Waals surface area (Å²) in [7, 11) is 0. The number of ketones is 1. The smallest absolute Gasteiger partial charge is 0.311 e. The van der Waals surface area contributed by atoms with Crippen molar-refractivity contribution in [3.63, 3.8) is 0 Å². The molecule has 0 bridgehead atoms. The molecule has 0 amide bonds. The maximum absolute atomic E-state index is 15.4. The van der Waals surface area contributed by atoms with Crippen LogP contribution in [0.1, 0.15) is 21.8 Å². The summed E-state index contributed by atoms with van der Waals surface area (Å²) in [4.78, 5) is 23.1. The Labute approximate surface area is 362 Å². The number of hydrogen-bond donors (Lipinski definition) is 1. The minimum absolute atomic E-state index is 0.357. The molecular formula is C41H14BF20NO3S. The average Bonchev–Trinajstić information content (AvgIpc) is 3.67. The van der Waals surface area contributed by atoms with Gasteiger partial charge in [0.15, 0.2) is 76.4 Å². The summed E-state index contributed by atoms with van der Waals surface area (Å²) in [6, 6.07) is 17.5. The van der Waals surface area contributed by atoms with Crippen molar-refractivity contribution in [1.82, 2.24) is 0 Å². The van der Waals surface area contributed by atoms with E-state index < -0.39 is 157 Å². The predicted octanol–water partition coefficient (Wildman–Crippen LogP) is 8.74. The molecule has 0 saturated carbocycles. The number of carbonyl (C=O) groups excluding carboxylic acids is 1. The van der Waals surface area contributed by atoms with Gasteiger partial charge in [-0.25, -0.2) is 87.8 Å². The normalized spacial score (nSPS) is 11.6. The van der Waals surface area contributed by atoms with Gasteiger partial charge in [0.1, 0.15) is 63.8 Å². The van der Waals surface area contributed by atoms with Crippen LogP contribution in [0, 0.1) is 116 Å². The number of carboxylic acids is 1. The van der Waals surface area contributed by atoms with Crippen molar-refractivity contribution in [1.29, 1.82) is 0 Å². The molecule has 0 saturated heterocycles. The second kappa shape index (κ2) is 18.4. The third kappa shape index (κ3) is 7.88. The highest BCUT2D eigenvalue weighted by Gasteiger charge is 2.52. The van der Waals surface area contributed by atoms with E-state index in [0.29, 0.717) is 11.6 Å². The van der Waals surface area contributed by atoms with E-state index in [1.54, 1.807) is 0 Å². The Balaban J connectivity index is 0.000000279. The second-order valence-electron chi connectivity index (χ2n) is 13.7. The molecule has 0 spiro atoms. The molecule has 1 aromatic heterocycles. The third-order valence-corrected chi connectivity index (χ3v) is 11.3. The summed E-state index contributed by atoms with van der Waals surface area (Å²) in [5.41, 5.74) is -12.3. The Morgan fingerprint density at radius 1 is 0.418 bits per heavy atom. The highest BCUT2D eigenvalue weighted by atomic mass is 32.1. The van der Waals surface area contributed by atoms with Gasteiger partial charge < -0.3 is 5.11 Å². The van der Waals surface area contributed by atoms with Gasteiger partial charge in [0, 0.05) is 11.6 Å². The summed E-state index contributed by atoms with van der Waals surface area (Å²) < 4.78 is 297. The van der Waals surface area contributed by atoms with Crippen LogP contribution in [0.25, 0.3) is 10.2 Å². The van der Waals surface area contributed by atoms with Gasteiger partial charge in [0.2, 0.25) is 11.3 Å². The van der Waals surface area contributed by atoms with Crippen LogP contribution in [0.5, 0.6) is 0 Å². The number of carbonyl (C=O) groups is 2. The van der Waals surface area contributed by atoms with Crippen LogP contribution >= 0.6 is 11.3 Å². The van der Waals surface area contributed by atoms with Crippen LogP contribution in [0.2, 0.25) is 0 Å². The molecule has 4 nitrogen and oxygen atoms in total. The first kappa shape index (κ1) is 49.4. The summed E-state index contributed by atoms with van der Waals surface area (Å²) >= 11 is 1.34. The van der Waals surface area contributed by atoms with Crippen LogP contribution < -0.4 is 26.4 Å². The van der Waals surface area contributed by atoms with Crippen molar-refractivity contribution in [2.45, 2.75) is 13.0 Å². The number of halogens is 20. The maximum atomic E-state index is 15.4.